The second-order valence-electron chi connectivity index (χ2n) is 12.3. The van der Waals surface area contributed by atoms with Gasteiger partial charge >= 0.3 is 0 Å². The number of hydrogen-bond donors (Lipinski definition) is 1. The molecular formula is C38H40Cl3N3O6S. The molecule has 4 aromatic rings. The van der Waals surface area contributed by atoms with Crippen molar-refractivity contribution in [2.75, 3.05) is 25.1 Å². The number of benzene rings is 4. The molecule has 0 aliphatic heterocycles. The molecule has 0 aromatic heterocycles. The van der Waals surface area contributed by atoms with Gasteiger partial charge in [-0.05, 0) is 66.9 Å². The molecule has 1 aliphatic rings. The summed E-state index contributed by atoms with van der Waals surface area (Å²) in [5.41, 5.74) is 1.43. The van der Waals surface area contributed by atoms with Crippen molar-refractivity contribution in [3.05, 3.63) is 117 Å². The van der Waals surface area contributed by atoms with E-state index in [1.165, 1.54) is 61.6 Å². The number of amides is 2. The highest BCUT2D eigenvalue weighted by Crippen LogP contribution is 2.33. The number of nitrogens with zero attached hydrogens (tertiary/aromatic N) is 2. The molecule has 4 aromatic carbocycles. The summed E-state index contributed by atoms with van der Waals surface area (Å²) in [6, 6.07) is 23.6. The maximum atomic E-state index is 14.8. The lowest BCUT2D eigenvalue weighted by molar-refractivity contribution is -0.140. The van der Waals surface area contributed by atoms with Crippen LogP contribution in [0.4, 0.5) is 5.69 Å². The number of anilines is 1. The van der Waals surface area contributed by atoms with Crippen LogP contribution >= 0.6 is 34.8 Å². The molecule has 1 saturated carbocycles. The predicted octanol–water partition coefficient (Wildman–Crippen LogP) is 7.95. The zero-order valence-electron chi connectivity index (χ0n) is 28.4. The van der Waals surface area contributed by atoms with Gasteiger partial charge in [0.05, 0.1) is 24.8 Å². The fourth-order valence-electron chi connectivity index (χ4n) is 6.19. The molecule has 0 saturated heterocycles. The molecule has 5 rings (SSSR count). The Kier molecular flexibility index (Phi) is 13.1. The number of hydrogen-bond acceptors (Lipinski definition) is 6. The Labute approximate surface area is 314 Å². The second kappa shape index (κ2) is 17.5. The lowest BCUT2D eigenvalue weighted by Gasteiger charge is -2.35. The Hall–Kier alpha value is -3.96. The van der Waals surface area contributed by atoms with Crippen LogP contribution in [0.15, 0.2) is 95.9 Å². The van der Waals surface area contributed by atoms with E-state index in [2.05, 4.69) is 5.32 Å². The Morgan fingerprint density at radius 2 is 1.47 bits per heavy atom. The number of carbonyl (C=O) groups excluding carboxylic acids is 2. The van der Waals surface area contributed by atoms with Crippen molar-refractivity contribution in [2.45, 2.75) is 62.0 Å². The van der Waals surface area contributed by atoms with Crippen molar-refractivity contribution < 1.29 is 27.5 Å². The predicted molar refractivity (Wildman–Crippen MR) is 201 cm³/mol. The van der Waals surface area contributed by atoms with Crippen LogP contribution in [0, 0.1) is 0 Å². The minimum Gasteiger partial charge on any atom is -0.493 e. The quantitative estimate of drug-likeness (QED) is 0.140. The third-order valence-corrected chi connectivity index (χ3v) is 11.7. The molecule has 0 bridgehead atoms. The fraction of sp³-hybridized carbons (Fsp3) is 0.316. The highest BCUT2D eigenvalue weighted by Gasteiger charge is 2.36. The fourth-order valence-corrected chi connectivity index (χ4v) is 8.27. The molecule has 0 spiro atoms. The van der Waals surface area contributed by atoms with Gasteiger partial charge in [0.2, 0.25) is 11.8 Å². The van der Waals surface area contributed by atoms with Gasteiger partial charge in [0.25, 0.3) is 10.0 Å². The maximum absolute atomic E-state index is 14.8. The Morgan fingerprint density at radius 1 is 0.824 bits per heavy atom. The zero-order chi connectivity index (χ0) is 36.5. The molecule has 9 nitrogen and oxygen atoms in total. The monoisotopic (exact) mass is 771 g/mol. The first kappa shape index (κ1) is 38.3. The molecule has 270 valence electrons. The van der Waals surface area contributed by atoms with Gasteiger partial charge in [-0.25, -0.2) is 8.42 Å². The Morgan fingerprint density at radius 3 is 2.10 bits per heavy atom. The van der Waals surface area contributed by atoms with Gasteiger partial charge in [-0.15, -0.1) is 0 Å². The van der Waals surface area contributed by atoms with E-state index in [-0.39, 0.29) is 41.2 Å². The van der Waals surface area contributed by atoms with E-state index in [1.807, 2.05) is 30.3 Å². The van der Waals surface area contributed by atoms with E-state index in [4.69, 9.17) is 44.3 Å². The normalized spacial score (nSPS) is 14.0. The Balaban J connectivity index is 1.60. The third-order valence-electron chi connectivity index (χ3n) is 8.95. The minimum absolute atomic E-state index is 0.0404. The molecule has 1 N–H and O–H groups in total. The molecule has 0 heterocycles. The number of methoxy groups -OCH3 is 2. The van der Waals surface area contributed by atoms with Gasteiger partial charge in [0, 0.05) is 45.7 Å². The van der Waals surface area contributed by atoms with Crippen LogP contribution in [0.5, 0.6) is 11.5 Å². The largest absolute Gasteiger partial charge is 0.493 e. The third kappa shape index (κ3) is 9.48. The summed E-state index contributed by atoms with van der Waals surface area (Å²) in [6.07, 6.45) is 4.93. The summed E-state index contributed by atoms with van der Waals surface area (Å²) in [5, 5.41) is 4.18. The summed E-state index contributed by atoms with van der Waals surface area (Å²) < 4.78 is 40.6. The van der Waals surface area contributed by atoms with Gasteiger partial charge in [-0.1, -0.05) is 90.5 Å². The maximum Gasteiger partial charge on any atom is 0.264 e. The highest BCUT2D eigenvalue weighted by atomic mass is 35.5. The van der Waals surface area contributed by atoms with Crippen LogP contribution in [0.25, 0.3) is 0 Å². The summed E-state index contributed by atoms with van der Waals surface area (Å²) in [4.78, 5) is 30.4. The molecular weight excluding hydrogens is 733 g/mol. The molecule has 1 aliphatic carbocycles. The van der Waals surface area contributed by atoms with Gasteiger partial charge in [0.1, 0.15) is 12.6 Å². The minimum atomic E-state index is -4.42. The van der Waals surface area contributed by atoms with Gasteiger partial charge in [0.15, 0.2) is 11.5 Å². The summed E-state index contributed by atoms with van der Waals surface area (Å²) in [5.74, 6) is -0.466. The number of halogens is 3. The Bertz CT molecular complexity index is 1900. The first-order valence-electron chi connectivity index (χ1n) is 16.6. The SMILES string of the molecule is COc1ccc(S(=O)(=O)N(CC(=O)N(Cc2c(Cl)cccc2Cl)[C@H](Cc2ccccc2)C(=O)NC2CCCCC2)c2ccc(Cl)cc2)cc1OC. The first-order chi connectivity index (χ1) is 24.5. The number of ether oxygens (including phenoxy) is 2. The standard InChI is InChI=1S/C38H40Cl3N3O6S/c1-49-35-21-20-30(23-36(35)50-2)51(47,48)44(29-18-16-27(39)17-19-29)25-37(45)43(24-31-32(40)14-9-15-33(31)41)34(22-26-10-5-3-6-11-26)38(46)42-28-12-7-4-8-13-28/h3,5-6,9-11,14-21,23,28,34H,4,7-8,12-13,22,24-25H2,1-2H3,(H,42,46)/t34-/m1/s1. The lowest BCUT2D eigenvalue weighted by atomic mass is 9.94. The second-order valence-corrected chi connectivity index (χ2v) is 15.4. The molecule has 1 fully saturated rings. The molecule has 1 atom stereocenters. The van der Waals surface area contributed by atoms with Crippen LogP contribution in [0.1, 0.15) is 43.2 Å². The zero-order valence-corrected chi connectivity index (χ0v) is 31.4. The van der Waals surface area contributed by atoms with E-state index in [0.717, 1.165) is 42.0 Å². The van der Waals surface area contributed by atoms with Crippen molar-refractivity contribution in [3.8, 4) is 11.5 Å². The van der Waals surface area contributed by atoms with Crippen LogP contribution in [-0.2, 0) is 32.6 Å². The lowest BCUT2D eigenvalue weighted by Crippen LogP contribution is -2.55. The smallest absolute Gasteiger partial charge is 0.264 e. The van der Waals surface area contributed by atoms with Crippen molar-refractivity contribution in [3.63, 3.8) is 0 Å². The van der Waals surface area contributed by atoms with E-state index in [1.54, 1.807) is 18.2 Å². The topological polar surface area (TPSA) is 105 Å². The van der Waals surface area contributed by atoms with Crippen LogP contribution in [0.3, 0.4) is 0 Å². The number of rotatable bonds is 14. The van der Waals surface area contributed by atoms with Crippen molar-refractivity contribution >= 4 is 62.3 Å². The molecule has 0 unspecified atom stereocenters. The van der Waals surface area contributed by atoms with Crippen LogP contribution in [0.2, 0.25) is 15.1 Å². The highest BCUT2D eigenvalue weighted by molar-refractivity contribution is 7.92. The number of sulfonamides is 1. The van der Waals surface area contributed by atoms with E-state index in [9.17, 15) is 18.0 Å². The average molecular weight is 773 g/mol. The van der Waals surface area contributed by atoms with Crippen molar-refractivity contribution in [2.24, 2.45) is 0 Å². The van der Waals surface area contributed by atoms with Crippen LogP contribution in [-0.4, -0.2) is 58.0 Å². The van der Waals surface area contributed by atoms with Crippen molar-refractivity contribution in [1.29, 1.82) is 0 Å². The van der Waals surface area contributed by atoms with Gasteiger partial charge in [-0.2, -0.15) is 0 Å². The summed E-state index contributed by atoms with van der Waals surface area (Å²) >= 11 is 19.5. The van der Waals surface area contributed by atoms with Crippen LogP contribution < -0.4 is 19.1 Å². The van der Waals surface area contributed by atoms with E-state index < -0.39 is 28.5 Å². The van der Waals surface area contributed by atoms with E-state index in [0.29, 0.717) is 26.4 Å². The van der Waals surface area contributed by atoms with Crippen molar-refractivity contribution in [1.82, 2.24) is 10.2 Å². The summed E-state index contributed by atoms with van der Waals surface area (Å²) in [6.45, 7) is -0.819. The molecule has 2 amide bonds. The van der Waals surface area contributed by atoms with Gasteiger partial charge in [-0.3, -0.25) is 13.9 Å². The van der Waals surface area contributed by atoms with E-state index >= 15 is 0 Å². The summed E-state index contributed by atoms with van der Waals surface area (Å²) in [7, 11) is -1.57. The number of carbonyl (C=O) groups is 2. The molecule has 13 heteroatoms. The number of nitrogens with one attached hydrogen (secondary N) is 1. The molecule has 0 radical (unpaired) electrons. The molecule has 51 heavy (non-hydrogen) atoms. The first-order valence-corrected chi connectivity index (χ1v) is 19.2. The average Bonchev–Trinajstić information content (AvgIpc) is 3.13. The van der Waals surface area contributed by atoms with Gasteiger partial charge < -0.3 is 19.7 Å².